The molecule has 1 N–H and O–H groups in total. The molecule has 0 aliphatic carbocycles. The first-order valence-corrected chi connectivity index (χ1v) is 9.38. The van der Waals surface area contributed by atoms with Crippen molar-refractivity contribution in [3.8, 4) is 0 Å². The number of aromatic nitrogens is 1. The summed E-state index contributed by atoms with van der Waals surface area (Å²) >= 11 is 0. The third-order valence-corrected chi connectivity index (χ3v) is 5.83. The molecule has 3 heterocycles. The maximum absolute atomic E-state index is 13.1. The van der Waals surface area contributed by atoms with Crippen LogP contribution in [0.1, 0.15) is 23.2 Å². The number of para-hydroxylation sites is 2. The largest absolute Gasteiger partial charge is 0.357 e. The van der Waals surface area contributed by atoms with Crippen LogP contribution in [0.3, 0.4) is 0 Å². The zero-order chi connectivity index (χ0) is 18.5. The minimum atomic E-state index is -0.378. The van der Waals surface area contributed by atoms with Crippen LogP contribution in [-0.2, 0) is 22.6 Å². The number of carbonyl (C=O) groups excluding carboxylic acids is 2. The van der Waals surface area contributed by atoms with E-state index in [-0.39, 0.29) is 24.3 Å². The number of hydrogen-bond acceptors (Lipinski definition) is 3. The Labute approximate surface area is 157 Å². The molecule has 5 nitrogen and oxygen atoms in total. The molecular formula is C22H21N3O2. The lowest BCUT2D eigenvalue weighted by atomic mass is 10.0. The summed E-state index contributed by atoms with van der Waals surface area (Å²) in [5.74, 6) is -0.212. The zero-order valence-corrected chi connectivity index (χ0v) is 15.2. The molecule has 0 bridgehead atoms. The van der Waals surface area contributed by atoms with Crippen LogP contribution in [0.25, 0.3) is 10.9 Å². The fourth-order valence-electron chi connectivity index (χ4n) is 4.45. The van der Waals surface area contributed by atoms with Gasteiger partial charge < -0.3 is 4.98 Å². The summed E-state index contributed by atoms with van der Waals surface area (Å²) in [6.45, 7) is 3.40. The Bertz CT molecular complexity index is 1070. The fraction of sp³-hybridized carbons (Fsp3) is 0.273. The van der Waals surface area contributed by atoms with Gasteiger partial charge in [0.1, 0.15) is 0 Å². The highest BCUT2D eigenvalue weighted by atomic mass is 16.2. The van der Waals surface area contributed by atoms with Crippen LogP contribution in [0.5, 0.6) is 0 Å². The SMILES string of the molecule is Cc1ccccc1N1C(=O)CC(N2CCc3c([nH]c4ccccc34)C2)C1=O. The molecule has 1 fully saturated rings. The Morgan fingerprint density at radius 1 is 1.04 bits per heavy atom. The number of rotatable bonds is 2. The van der Waals surface area contributed by atoms with Crippen molar-refractivity contribution in [1.82, 2.24) is 9.88 Å². The van der Waals surface area contributed by atoms with Crippen molar-refractivity contribution in [2.75, 3.05) is 11.4 Å². The number of anilines is 1. The maximum atomic E-state index is 13.1. The molecular weight excluding hydrogens is 338 g/mol. The van der Waals surface area contributed by atoms with Gasteiger partial charge in [-0.05, 0) is 36.6 Å². The average molecular weight is 359 g/mol. The van der Waals surface area contributed by atoms with Crippen LogP contribution in [0, 0.1) is 6.92 Å². The monoisotopic (exact) mass is 359 g/mol. The average Bonchev–Trinajstić information content (AvgIpc) is 3.19. The summed E-state index contributed by atoms with van der Waals surface area (Å²) in [5, 5.41) is 1.27. The number of amides is 2. The molecule has 2 aliphatic heterocycles. The molecule has 1 aromatic heterocycles. The summed E-state index contributed by atoms with van der Waals surface area (Å²) < 4.78 is 0. The van der Waals surface area contributed by atoms with Gasteiger partial charge in [-0.15, -0.1) is 0 Å². The molecule has 2 aliphatic rings. The summed E-state index contributed by atoms with van der Waals surface area (Å²) in [4.78, 5) is 32.8. The highest BCUT2D eigenvalue weighted by Gasteiger charge is 2.44. The number of aryl methyl sites for hydroxylation is 1. The lowest BCUT2D eigenvalue weighted by Gasteiger charge is -2.31. The minimum absolute atomic E-state index is 0.103. The molecule has 2 amide bonds. The van der Waals surface area contributed by atoms with Crippen molar-refractivity contribution in [2.24, 2.45) is 0 Å². The molecule has 2 aromatic carbocycles. The van der Waals surface area contributed by atoms with Crippen molar-refractivity contribution in [2.45, 2.75) is 32.4 Å². The van der Waals surface area contributed by atoms with E-state index in [1.54, 1.807) is 0 Å². The Morgan fingerprint density at radius 2 is 1.81 bits per heavy atom. The predicted molar refractivity (Wildman–Crippen MR) is 104 cm³/mol. The standard InChI is InChI=1S/C22H21N3O2/c1-14-6-2-5-9-19(14)25-21(26)12-20(22(25)27)24-11-10-16-15-7-3-4-8-17(15)23-18(16)13-24/h2-9,20,23H,10-13H2,1H3. The third kappa shape index (κ3) is 2.50. The van der Waals surface area contributed by atoms with Crippen LogP contribution in [0.15, 0.2) is 48.5 Å². The molecule has 3 aromatic rings. The van der Waals surface area contributed by atoms with Crippen LogP contribution >= 0.6 is 0 Å². The fourth-order valence-corrected chi connectivity index (χ4v) is 4.45. The van der Waals surface area contributed by atoms with E-state index in [1.165, 1.54) is 15.8 Å². The second-order valence-electron chi connectivity index (χ2n) is 7.42. The number of nitrogens with zero attached hydrogens (tertiary/aromatic N) is 2. The number of carbonyl (C=O) groups is 2. The summed E-state index contributed by atoms with van der Waals surface area (Å²) in [6, 6.07) is 15.5. The Balaban J connectivity index is 1.44. The highest BCUT2D eigenvalue weighted by Crippen LogP contribution is 2.32. The van der Waals surface area contributed by atoms with Gasteiger partial charge in [-0.25, -0.2) is 4.90 Å². The summed E-state index contributed by atoms with van der Waals surface area (Å²) in [5.41, 5.74) is 5.29. The van der Waals surface area contributed by atoms with Crippen molar-refractivity contribution < 1.29 is 9.59 Å². The number of aromatic amines is 1. The van der Waals surface area contributed by atoms with E-state index in [0.29, 0.717) is 12.2 Å². The lowest BCUT2D eigenvalue weighted by molar-refractivity contribution is -0.123. The van der Waals surface area contributed by atoms with E-state index in [9.17, 15) is 9.59 Å². The van der Waals surface area contributed by atoms with Gasteiger partial charge in [0, 0.05) is 29.7 Å². The van der Waals surface area contributed by atoms with Gasteiger partial charge in [0.15, 0.2) is 0 Å². The van der Waals surface area contributed by atoms with E-state index >= 15 is 0 Å². The predicted octanol–water partition coefficient (Wildman–Crippen LogP) is 3.17. The minimum Gasteiger partial charge on any atom is -0.357 e. The highest BCUT2D eigenvalue weighted by molar-refractivity contribution is 6.22. The summed E-state index contributed by atoms with van der Waals surface area (Å²) in [7, 11) is 0. The van der Waals surface area contributed by atoms with E-state index in [0.717, 1.165) is 29.7 Å². The lowest BCUT2D eigenvalue weighted by Crippen LogP contribution is -2.44. The first-order chi connectivity index (χ1) is 13.1. The zero-order valence-electron chi connectivity index (χ0n) is 15.2. The van der Waals surface area contributed by atoms with Gasteiger partial charge >= 0.3 is 0 Å². The number of nitrogens with one attached hydrogen (secondary N) is 1. The van der Waals surface area contributed by atoms with Crippen LogP contribution in [0.2, 0.25) is 0 Å². The number of H-pyrrole nitrogens is 1. The van der Waals surface area contributed by atoms with Gasteiger partial charge in [0.25, 0.3) is 5.91 Å². The number of fused-ring (bicyclic) bond motifs is 3. The quantitative estimate of drug-likeness (QED) is 0.715. The molecule has 1 unspecified atom stereocenters. The van der Waals surface area contributed by atoms with Crippen LogP contribution < -0.4 is 4.90 Å². The van der Waals surface area contributed by atoms with Crippen molar-refractivity contribution >= 4 is 28.4 Å². The third-order valence-electron chi connectivity index (χ3n) is 5.83. The first kappa shape index (κ1) is 16.3. The van der Waals surface area contributed by atoms with Gasteiger partial charge in [0.05, 0.1) is 18.2 Å². The van der Waals surface area contributed by atoms with E-state index in [1.807, 2.05) is 37.3 Å². The molecule has 27 heavy (non-hydrogen) atoms. The van der Waals surface area contributed by atoms with Crippen molar-refractivity contribution in [3.05, 3.63) is 65.4 Å². The van der Waals surface area contributed by atoms with Gasteiger partial charge in [-0.1, -0.05) is 36.4 Å². The number of imide groups is 1. The van der Waals surface area contributed by atoms with E-state index < -0.39 is 0 Å². The second kappa shape index (κ2) is 6.06. The smallest absolute Gasteiger partial charge is 0.251 e. The van der Waals surface area contributed by atoms with Crippen LogP contribution in [0.4, 0.5) is 5.69 Å². The second-order valence-corrected chi connectivity index (χ2v) is 7.42. The number of benzene rings is 2. The molecule has 136 valence electrons. The topological polar surface area (TPSA) is 56.4 Å². The van der Waals surface area contributed by atoms with E-state index in [4.69, 9.17) is 0 Å². The van der Waals surface area contributed by atoms with Crippen LogP contribution in [-0.4, -0.2) is 34.3 Å². The number of hydrogen-bond donors (Lipinski definition) is 1. The molecule has 1 atom stereocenters. The molecule has 0 saturated carbocycles. The Hall–Kier alpha value is -2.92. The molecule has 0 spiro atoms. The normalized spacial score (nSPS) is 20.5. The van der Waals surface area contributed by atoms with Gasteiger partial charge in [-0.3, -0.25) is 14.5 Å². The van der Waals surface area contributed by atoms with Crippen molar-refractivity contribution in [3.63, 3.8) is 0 Å². The summed E-state index contributed by atoms with van der Waals surface area (Å²) in [6.07, 6.45) is 1.14. The van der Waals surface area contributed by atoms with Gasteiger partial charge in [-0.2, -0.15) is 0 Å². The Morgan fingerprint density at radius 3 is 2.67 bits per heavy atom. The molecule has 0 radical (unpaired) electrons. The van der Waals surface area contributed by atoms with Crippen molar-refractivity contribution in [1.29, 1.82) is 0 Å². The first-order valence-electron chi connectivity index (χ1n) is 9.38. The van der Waals surface area contributed by atoms with E-state index in [2.05, 4.69) is 28.1 Å². The Kier molecular flexibility index (Phi) is 3.65. The van der Waals surface area contributed by atoms with Gasteiger partial charge in [0.2, 0.25) is 5.91 Å². The maximum Gasteiger partial charge on any atom is 0.251 e. The molecule has 5 heteroatoms. The molecule has 5 rings (SSSR count). The molecule has 1 saturated heterocycles.